The third-order valence-electron chi connectivity index (χ3n) is 7.12. The standard InChI is InChI=1S/C32H37Cl2N3O6S/c1-3-15-35-32(39)28(20-23-8-5-4-6-9-23)36(22-24-11-13-26(33)27(34)19-24)31(38)10-7-16-37(44(2,40)41)25-12-14-29-30(21-25)43-18-17-42-29/h4-6,8-9,11-14,19,21,28H,3,7,10,15-18,20,22H2,1-2H3,(H,35,39)/t28-/m1/s1. The van der Waals surface area contributed by atoms with E-state index in [0.29, 0.717) is 59.0 Å². The first kappa shape index (κ1) is 33.4. The van der Waals surface area contributed by atoms with Crippen molar-refractivity contribution in [2.75, 3.05) is 36.9 Å². The molecular formula is C32H37Cl2N3O6S. The number of nitrogens with zero attached hydrogens (tertiary/aromatic N) is 2. The lowest BCUT2D eigenvalue weighted by Crippen LogP contribution is -2.50. The molecule has 0 aromatic heterocycles. The van der Waals surface area contributed by atoms with Crippen molar-refractivity contribution in [3.05, 3.63) is 87.9 Å². The van der Waals surface area contributed by atoms with Crippen LogP contribution < -0.4 is 19.1 Å². The van der Waals surface area contributed by atoms with Gasteiger partial charge in [-0.15, -0.1) is 0 Å². The van der Waals surface area contributed by atoms with Crippen molar-refractivity contribution in [3.8, 4) is 11.5 Å². The van der Waals surface area contributed by atoms with E-state index < -0.39 is 16.1 Å². The van der Waals surface area contributed by atoms with Crippen LogP contribution >= 0.6 is 23.2 Å². The number of ether oxygens (including phenoxy) is 2. The molecule has 9 nitrogen and oxygen atoms in total. The zero-order valence-electron chi connectivity index (χ0n) is 24.8. The fourth-order valence-corrected chi connectivity index (χ4v) is 6.22. The summed E-state index contributed by atoms with van der Waals surface area (Å²) in [6.45, 7) is 3.39. The number of halogens is 2. The van der Waals surface area contributed by atoms with Gasteiger partial charge >= 0.3 is 0 Å². The average Bonchev–Trinajstić information content (AvgIpc) is 3.01. The van der Waals surface area contributed by atoms with Gasteiger partial charge in [-0.25, -0.2) is 8.42 Å². The Hall–Kier alpha value is -3.47. The van der Waals surface area contributed by atoms with Gasteiger partial charge in [-0.3, -0.25) is 13.9 Å². The molecule has 1 aliphatic rings. The van der Waals surface area contributed by atoms with Crippen molar-refractivity contribution in [1.29, 1.82) is 0 Å². The summed E-state index contributed by atoms with van der Waals surface area (Å²) in [5, 5.41) is 3.67. The van der Waals surface area contributed by atoms with Crippen LogP contribution in [0.4, 0.5) is 5.69 Å². The predicted molar refractivity (Wildman–Crippen MR) is 173 cm³/mol. The number of anilines is 1. The number of amides is 2. The third-order valence-corrected chi connectivity index (χ3v) is 9.06. The van der Waals surface area contributed by atoms with Gasteiger partial charge in [-0.05, 0) is 48.2 Å². The molecule has 0 unspecified atom stereocenters. The van der Waals surface area contributed by atoms with Crippen LogP contribution in [0.3, 0.4) is 0 Å². The Morgan fingerprint density at radius 2 is 1.66 bits per heavy atom. The average molecular weight is 663 g/mol. The molecule has 12 heteroatoms. The molecule has 3 aromatic carbocycles. The normalized spacial score (nSPS) is 13.2. The SMILES string of the molecule is CCCNC(=O)[C@@H](Cc1ccccc1)N(Cc1ccc(Cl)c(Cl)c1)C(=O)CCCN(c1ccc2c(c1)OCCO2)S(C)(=O)=O. The molecule has 44 heavy (non-hydrogen) atoms. The number of nitrogens with one attached hydrogen (secondary N) is 1. The van der Waals surface area contributed by atoms with E-state index in [0.717, 1.165) is 18.2 Å². The molecule has 0 saturated heterocycles. The molecule has 1 N–H and O–H groups in total. The Balaban J connectivity index is 1.58. The second-order valence-corrected chi connectivity index (χ2v) is 13.3. The minimum Gasteiger partial charge on any atom is -0.486 e. The topological polar surface area (TPSA) is 105 Å². The Morgan fingerprint density at radius 1 is 0.932 bits per heavy atom. The summed E-state index contributed by atoms with van der Waals surface area (Å²) >= 11 is 12.4. The van der Waals surface area contributed by atoms with Gasteiger partial charge < -0.3 is 19.7 Å². The van der Waals surface area contributed by atoms with Gasteiger partial charge in [0.05, 0.1) is 22.0 Å². The summed E-state index contributed by atoms with van der Waals surface area (Å²) in [4.78, 5) is 29.0. The first-order chi connectivity index (χ1) is 21.1. The maximum absolute atomic E-state index is 14.0. The molecule has 1 atom stereocenters. The molecule has 0 aliphatic carbocycles. The molecule has 1 heterocycles. The number of rotatable bonds is 14. The fourth-order valence-electron chi connectivity index (χ4n) is 4.95. The second-order valence-electron chi connectivity index (χ2n) is 10.5. The van der Waals surface area contributed by atoms with E-state index in [2.05, 4.69) is 5.32 Å². The summed E-state index contributed by atoms with van der Waals surface area (Å²) in [6, 6.07) is 18.8. The van der Waals surface area contributed by atoms with Crippen molar-refractivity contribution in [1.82, 2.24) is 10.2 Å². The van der Waals surface area contributed by atoms with Crippen molar-refractivity contribution < 1.29 is 27.5 Å². The molecule has 0 saturated carbocycles. The van der Waals surface area contributed by atoms with Gasteiger partial charge in [-0.2, -0.15) is 0 Å². The van der Waals surface area contributed by atoms with Crippen LogP contribution in [0.15, 0.2) is 66.7 Å². The lowest BCUT2D eigenvalue weighted by Gasteiger charge is -2.32. The largest absolute Gasteiger partial charge is 0.486 e. The first-order valence-corrected chi connectivity index (χ1v) is 17.1. The number of sulfonamides is 1. The minimum absolute atomic E-state index is 0.00421. The Morgan fingerprint density at radius 3 is 2.34 bits per heavy atom. The highest BCUT2D eigenvalue weighted by Crippen LogP contribution is 2.35. The Labute approximate surface area is 269 Å². The molecule has 0 bridgehead atoms. The van der Waals surface area contributed by atoms with Crippen molar-refractivity contribution in [3.63, 3.8) is 0 Å². The predicted octanol–water partition coefficient (Wildman–Crippen LogP) is 5.48. The maximum Gasteiger partial charge on any atom is 0.243 e. The number of fused-ring (bicyclic) bond motifs is 1. The lowest BCUT2D eigenvalue weighted by atomic mass is 10.0. The summed E-state index contributed by atoms with van der Waals surface area (Å²) in [6.07, 6.45) is 2.38. The summed E-state index contributed by atoms with van der Waals surface area (Å²) < 4.78 is 38.0. The lowest BCUT2D eigenvalue weighted by molar-refractivity contribution is -0.141. The molecular weight excluding hydrogens is 625 g/mol. The molecule has 0 radical (unpaired) electrons. The van der Waals surface area contributed by atoms with E-state index >= 15 is 0 Å². The highest BCUT2D eigenvalue weighted by Gasteiger charge is 2.30. The highest BCUT2D eigenvalue weighted by atomic mass is 35.5. The zero-order valence-corrected chi connectivity index (χ0v) is 27.1. The molecule has 1 aliphatic heterocycles. The summed E-state index contributed by atoms with van der Waals surface area (Å²) in [7, 11) is -3.68. The summed E-state index contributed by atoms with van der Waals surface area (Å²) in [5.74, 6) is 0.456. The smallest absolute Gasteiger partial charge is 0.243 e. The van der Waals surface area contributed by atoms with Crippen molar-refractivity contribution in [2.45, 2.75) is 45.2 Å². The zero-order chi connectivity index (χ0) is 31.7. The molecule has 0 spiro atoms. The number of hydrogen-bond acceptors (Lipinski definition) is 6. The van der Waals surface area contributed by atoms with Gasteiger partial charge in [0, 0.05) is 38.5 Å². The van der Waals surface area contributed by atoms with Gasteiger partial charge in [0.25, 0.3) is 0 Å². The van der Waals surface area contributed by atoms with Gasteiger partial charge in [-0.1, -0.05) is 66.5 Å². The van der Waals surface area contributed by atoms with Crippen molar-refractivity contribution >= 4 is 50.7 Å². The first-order valence-electron chi connectivity index (χ1n) is 14.5. The van der Waals surface area contributed by atoms with Crippen molar-refractivity contribution in [2.24, 2.45) is 0 Å². The highest BCUT2D eigenvalue weighted by molar-refractivity contribution is 7.92. The molecule has 3 aromatic rings. The van der Waals surface area contributed by atoms with Crippen LogP contribution in [0.2, 0.25) is 10.0 Å². The minimum atomic E-state index is -3.68. The van der Waals surface area contributed by atoms with E-state index in [9.17, 15) is 18.0 Å². The number of carbonyl (C=O) groups excluding carboxylic acids is 2. The number of carbonyl (C=O) groups is 2. The number of benzene rings is 3. The van der Waals surface area contributed by atoms with Crippen LogP contribution in [0.5, 0.6) is 11.5 Å². The Bertz CT molecular complexity index is 1550. The summed E-state index contributed by atoms with van der Waals surface area (Å²) in [5.41, 5.74) is 2.03. The van der Waals surface area contributed by atoms with Gasteiger partial charge in [0.15, 0.2) is 11.5 Å². The van der Waals surface area contributed by atoms with Gasteiger partial charge in [0.2, 0.25) is 21.8 Å². The van der Waals surface area contributed by atoms with E-state index in [4.69, 9.17) is 32.7 Å². The molecule has 0 fully saturated rings. The molecule has 236 valence electrons. The van der Waals surface area contributed by atoms with Crippen LogP contribution in [0.1, 0.15) is 37.3 Å². The molecule has 4 rings (SSSR count). The second kappa shape index (κ2) is 15.5. The number of hydrogen-bond donors (Lipinski definition) is 1. The van der Waals surface area contributed by atoms with E-state index in [1.807, 2.05) is 37.3 Å². The van der Waals surface area contributed by atoms with E-state index in [1.54, 1.807) is 41.3 Å². The van der Waals surface area contributed by atoms with Crippen LogP contribution in [-0.2, 0) is 32.6 Å². The van der Waals surface area contributed by atoms with Crippen LogP contribution in [0.25, 0.3) is 0 Å². The maximum atomic E-state index is 14.0. The van der Waals surface area contributed by atoms with Gasteiger partial charge in [0.1, 0.15) is 19.3 Å². The van der Waals surface area contributed by atoms with Crippen LogP contribution in [-0.4, -0.2) is 63.7 Å². The molecule has 2 amide bonds. The van der Waals surface area contributed by atoms with E-state index in [-0.39, 0.29) is 37.7 Å². The fraction of sp³-hybridized carbons (Fsp3) is 0.375. The van der Waals surface area contributed by atoms with E-state index in [1.165, 1.54) is 4.31 Å². The third kappa shape index (κ3) is 9.03. The van der Waals surface area contributed by atoms with Crippen LogP contribution in [0, 0.1) is 0 Å². The quantitative estimate of drug-likeness (QED) is 0.245. The Kier molecular flexibility index (Phi) is 11.8. The monoisotopic (exact) mass is 661 g/mol.